The van der Waals surface area contributed by atoms with E-state index in [1.165, 1.54) is 28.7 Å². The van der Waals surface area contributed by atoms with Gasteiger partial charge in [0.15, 0.2) is 0 Å². The minimum Gasteiger partial charge on any atom is -0.491 e. The SMILES string of the molecule is COCCOc1ccc(-n2cc(Nc3ncnc4sc5c(c34)CCCC5)cn2)cc1. The highest BCUT2D eigenvalue weighted by Crippen LogP contribution is 2.38. The number of fused-ring (bicyclic) bond motifs is 3. The first kappa shape index (κ1) is 19.0. The van der Waals surface area contributed by atoms with Crippen LogP contribution in [0, 0.1) is 0 Å². The number of hydrogen-bond acceptors (Lipinski definition) is 7. The van der Waals surface area contributed by atoms with E-state index in [2.05, 4.69) is 20.4 Å². The zero-order valence-electron chi connectivity index (χ0n) is 16.8. The Balaban J connectivity index is 1.36. The van der Waals surface area contributed by atoms with Crippen LogP contribution in [-0.4, -0.2) is 40.1 Å². The minimum absolute atomic E-state index is 0.533. The standard InChI is InChI=1S/C22H23N5O2S/c1-28-10-11-29-17-8-6-16(7-9-17)27-13-15(12-25-27)26-21-20-18-4-2-3-5-19(18)30-22(20)24-14-23-21/h6-9,12-14H,2-5,10-11H2,1H3,(H,23,24,26). The van der Waals surface area contributed by atoms with Gasteiger partial charge in [-0.2, -0.15) is 5.10 Å². The van der Waals surface area contributed by atoms with Gasteiger partial charge in [-0.15, -0.1) is 11.3 Å². The summed E-state index contributed by atoms with van der Waals surface area (Å²) in [7, 11) is 1.66. The zero-order chi connectivity index (χ0) is 20.3. The van der Waals surface area contributed by atoms with E-state index in [0.29, 0.717) is 13.2 Å². The third-order valence-corrected chi connectivity index (χ3v) is 6.45. The van der Waals surface area contributed by atoms with Crippen molar-refractivity contribution in [3.8, 4) is 11.4 Å². The normalized spacial score (nSPS) is 13.4. The summed E-state index contributed by atoms with van der Waals surface area (Å²) in [6.45, 7) is 1.10. The molecule has 30 heavy (non-hydrogen) atoms. The lowest BCUT2D eigenvalue weighted by Crippen LogP contribution is -2.04. The highest BCUT2D eigenvalue weighted by molar-refractivity contribution is 7.19. The molecule has 7 nitrogen and oxygen atoms in total. The summed E-state index contributed by atoms with van der Waals surface area (Å²) >= 11 is 1.80. The third kappa shape index (κ3) is 3.76. The highest BCUT2D eigenvalue weighted by atomic mass is 32.1. The van der Waals surface area contributed by atoms with Crippen LogP contribution in [0.5, 0.6) is 5.75 Å². The van der Waals surface area contributed by atoms with E-state index in [0.717, 1.165) is 40.6 Å². The fraction of sp³-hybridized carbons (Fsp3) is 0.318. The molecular formula is C22H23N5O2S. The second-order valence-corrected chi connectivity index (χ2v) is 8.33. The Hall–Kier alpha value is -2.97. The van der Waals surface area contributed by atoms with E-state index in [1.54, 1.807) is 24.8 Å². The Labute approximate surface area is 178 Å². The lowest BCUT2D eigenvalue weighted by atomic mass is 9.97. The predicted molar refractivity (Wildman–Crippen MR) is 118 cm³/mol. The van der Waals surface area contributed by atoms with E-state index in [4.69, 9.17) is 9.47 Å². The number of thiophene rings is 1. The smallest absolute Gasteiger partial charge is 0.142 e. The molecule has 0 spiro atoms. The second-order valence-electron chi connectivity index (χ2n) is 7.25. The molecule has 154 valence electrons. The van der Waals surface area contributed by atoms with Gasteiger partial charge < -0.3 is 14.8 Å². The average molecular weight is 422 g/mol. The molecule has 0 radical (unpaired) electrons. The molecule has 0 unspecified atom stereocenters. The van der Waals surface area contributed by atoms with Crippen molar-refractivity contribution in [1.82, 2.24) is 19.7 Å². The molecule has 1 N–H and O–H groups in total. The van der Waals surface area contributed by atoms with Crippen LogP contribution in [0.2, 0.25) is 0 Å². The Bertz CT molecular complexity index is 1150. The summed E-state index contributed by atoms with van der Waals surface area (Å²) in [6.07, 6.45) is 10.2. The van der Waals surface area contributed by atoms with Crippen molar-refractivity contribution in [1.29, 1.82) is 0 Å². The molecule has 0 atom stereocenters. The van der Waals surface area contributed by atoms with Crippen molar-refractivity contribution in [3.63, 3.8) is 0 Å². The predicted octanol–water partition coefficient (Wildman–Crippen LogP) is 4.52. The molecule has 1 aliphatic carbocycles. The van der Waals surface area contributed by atoms with Crippen LogP contribution in [0.3, 0.4) is 0 Å². The number of benzene rings is 1. The van der Waals surface area contributed by atoms with Crippen LogP contribution in [0.15, 0.2) is 43.0 Å². The Morgan fingerprint density at radius 3 is 2.83 bits per heavy atom. The molecule has 3 heterocycles. The molecule has 0 aliphatic heterocycles. The van der Waals surface area contributed by atoms with Crippen molar-refractivity contribution in [3.05, 3.63) is 53.4 Å². The van der Waals surface area contributed by atoms with Crippen LogP contribution < -0.4 is 10.1 Å². The third-order valence-electron chi connectivity index (χ3n) is 5.25. The number of aryl methyl sites for hydroxylation is 2. The van der Waals surface area contributed by atoms with Crippen molar-refractivity contribution >= 4 is 33.1 Å². The lowest BCUT2D eigenvalue weighted by Gasteiger charge is -2.11. The Morgan fingerprint density at radius 2 is 1.97 bits per heavy atom. The number of anilines is 2. The molecule has 5 rings (SSSR count). The molecule has 0 amide bonds. The molecule has 0 saturated heterocycles. The maximum atomic E-state index is 5.62. The van der Waals surface area contributed by atoms with Gasteiger partial charge in [-0.1, -0.05) is 0 Å². The molecule has 3 aromatic heterocycles. The average Bonchev–Trinajstić information content (AvgIpc) is 3.39. The number of ether oxygens (including phenoxy) is 2. The topological polar surface area (TPSA) is 74.1 Å². The largest absolute Gasteiger partial charge is 0.491 e. The number of nitrogens with zero attached hydrogens (tertiary/aromatic N) is 4. The van der Waals surface area contributed by atoms with Gasteiger partial charge in [0.1, 0.15) is 29.3 Å². The monoisotopic (exact) mass is 421 g/mol. The van der Waals surface area contributed by atoms with Gasteiger partial charge in [0.2, 0.25) is 0 Å². The van der Waals surface area contributed by atoms with Gasteiger partial charge in [-0.05, 0) is 55.5 Å². The molecule has 4 aromatic rings. The number of hydrogen-bond donors (Lipinski definition) is 1. The van der Waals surface area contributed by atoms with Crippen molar-refractivity contribution in [2.45, 2.75) is 25.7 Å². The van der Waals surface area contributed by atoms with E-state index in [-0.39, 0.29) is 0 Å². The maximum absolute atomic E-state index is 5.62. The summed E-state index contributed by atoms with van der Waals surface area (Å²) in [5.74, 6) is 1.67. The molecule has 8 heteroatoms. The van der Waals surface area contributed by atoms with Crippen LogP contribution in [0.1, 0.15) is 23.3 Å². The second kappa shape index (κ2) is 8.41. The van der Waals surface area contributed by atoms with E-state index in [9.17, 15) is 0 Å². The zero-order valence-corrected chi connectivity index (χ0v) is 17.6. The number of rotatable bonds is 7. The summed E-state index contributed by atoms with van der Waals surface area (Å²) in [5, 5.41) is 9.12. The number of aromatic nitrogens is 4. The quantitative estimate of drug-likeness (QED) is 0.442. The summed E-state index contributed by atoms with van der Waals surface area (Å²) in [4.78, 5) is 11.6. The number of methoxy groups -OCH3 is 1. The fourth-order valence-corrected chi connectivity index (χ4v) is 5.02. The lowest BCUT2D eigenvalue weighted by molar-refractivity contribution is 0.146. The molecule has 1 aromatic carbocycles. The first-order valence-electron chi connectivity index (χ1n) is 10.1. The highest BCUT2D eigenvalue weighted by Gasteiger charge is 2.20. The minimum atomic E-state index is 0.533. The first-order chi connectivity index (χ1) is 14.8. The van der Waals surface area contributed by atoms with Crippen LogP contribution in [-0.2, 0) is 17.6 Å². The van der Waals surface area contributed by atoms with Crippen LogP contribution in [0.4, 0.5) is 11.5 Å². The van der Waals surface area contributed by atoms with E-state index < -0.39 is 0 Å². The van der Waals surface area contributed by atoms with Gasteiger partial charge in [0.05, 0.1) is 35.8 Å². The van der Waals surface area contributed by atoms with E-state index in [1.807, 2.05) is 41.3 Å². The summed E-state index contributed by atoms with van der Waals surface area (Å²) < 4.78 is 12.5. The Morgan fingerprint density at radius 1 is 1.10 bits per heavy atom. The first-order valence-corrected chi connectivity index (χ1v) is 10.9. The van der Waals surface area contributed by atoms with Crippen molar-refractivity contribution < 1.29 is 9.47 Å². The molecule has 1 aliphatic rings. The Kier molecular flexibility index (Phi) is 5.33. The maximum Gasteiger partial charge on any atom is 0.142 e. The van der Waals surface area contributed by atoms with Crippen LogP contribution in [0.25, 0.3) is 15.9 Å². The molecule has 0 bridgehead atoms. The summed E-state index contributed by atoms with van der Waals surface area (Å²) in [6, 6.07) is 7.84. The fourth-order valence-electron chi connectivity index (χ4n) is 3.79. The van der Waals surface area contributed by atoms with Crippen molar-refractivity contribution in [2.24, 2.45) is 0 Å². The molecular weight excluding hydrogens is 398 g/mol. The van der Waals surface area contributed by atoms with Gasteiger partial charge in [-0.3, -0.25) is 0 Å². The van der Waals surface area contributed by atoms with E-state index >= 15 is 0 Å². The van der Waals surface area contributed by atoms with Gasteiger partial charge in [-0.25, -0.2) is 14.6 Å². The van der Waals surface area contributed by atoms with Gasteiger partial charge in [0.25, 0.3) is 0 Å². The van der Waals surface area contributed by atoms with Gasteiger partial charge >= 0.3 is 0 Å². The van der Waals surface area contributed by atoms with Gasteiger partial charge in [0, 0.05) is 12.0 Å². The van der Waals surface area contributed by atoms with Crippen molar-refractivity contribution in [2.75, 3.05) is 25.6 Å². The number of nitrogens with one attached hydrogen (secondary N) is 1. The molecule has 0 fully saturated rings. The molecule has 0 saturated carbocycles. The summed E-state index contributed by atoms with van der Waals surface area (Å²) in [5.41, 5.74) is 3.27. The van der Waals surface area contributed by atoms with Crippen LogP contribution >= 0.6 is 11.3 Å².